The first kappa shape index (κ1) is 29.8. The van der Waals surface area contributed by atoms with Gasteiger partial charge in [0.05, 0.1) is 0 Å². The summed E-state index contributed by atoms with van der Waals surface area (Å²) in [6.45, 7) is 4.22. The Balaban J connectivity index is 1.14. The Bertz CT molecular complexity index is 1430. The number of hydrogen-bond acceptors (Lipinski definition) is 6. The topological polar surface area (TPSA) is 49.4 Å². The van der Waals surface area contributed by atoms with Crippen molar-refractivity contribution in [2.24, 2.45) is 0 Å². The van der Waals surface area contributed by atoms with E-state index >= 15 is 0 Å². The fraction of sp³-hybridized carbons (Fsp3) is 0.351. The van der Waals surface area contributed by atoms with E-state index in [0.29, 0.717) is 18.0 Å². The van der Waals surface area contributed by atoms with Gasteiger partial charge in [0.25, 0.3) is 0 Å². The second-order valence-corrected chi connectivity index (χ2v) is 14.6. The van der Waals surface area contributed by atoms with Crippen LogP contribution >= 0.6 is 0 Å². The van der Waals surface area contributed by atoms with Crippen LogP contribution in [-0.2, 0) is 30.2 Å². The second-order valence-electron chi connectivity index (χ2n) is 11.7. The first-order valence-electron chi connectivity index (χ1n) is 15.4. The average molecular weight is 657 g/mol. The van der Waals surface area contributed by atoms with Crippen molar-refractivity contribution in [3.63, 3.8) is 0 Å². The fourth-order valence-electron chi connectivity index (χ4n) is 6.77. The van der Waals surface area contributed by atoms with Crippen LogP contribution in [0.1, 0.15) is 47.9 Å². The van der Waals surface area contributed by atoms with Crippen molar-refractivity contribution >= 4 is 19.4 Å². The summed E-state index contributed by atoms with van der Waals surface area (Å²) in [5.74, 6) is 0. The van der Waals surface area contributed by atoms with Gasteiger partial charge in [-0.3, -0.25) is 0 Å². The van der Waals surface area contributed by atoms with E-state index < -0.39 is 12.6 Å². The quantitative estimate of drug-likeness (QED) is 0.206. The number of rotatable bonds is 9. The maximum absolute atomic E-state index is 6.75. The van der Waals surface area contributed by atoms with E-state index in [9.17, 15) is 0 Å². The molecule has 6 nitrogen and oxygen atoms in total. The van der Waals surface area contributed by atoms with E-state index in [1.54, 1.807) is 0 Å². The molecule has 2 unspecified atom stereocenters. The van der Waals surface area contributed by atoms with Gasteiger partial charge < -0.3 is 0 Å². The van der Waals surface area contributed by atoms with E-state index in [-0.39, 0.29) is 45.4 Å². The average Bonchev–Trinajstić information content (AvgIpc) is 3.39. The minimum absolute atomic E-state index is 0.0509. The fourth-order valence-corrected chi connectivity index (χ4v) is 9.36. The monoisotopic (exact) mass is 657 g/mol. The molecule has 0 saturated carbocycles. The molecule has 4 aromatic carbocycles. The molecule has 228 valence electrons. The predicted octanol–water partition coefficient (Wildman–Crippen LogP) is 5.99. The molecule has 0 aromatic heterocycles. The van der Waals surface area contributed by atoms with E-state index in [4.69, 9.17) is 23.7 Å². The molecule has 44 heavy (non-hydrogen) atoms. The van der Waals surface area contributed by atoms with Gasteiger partial charge in [-0.25, -0.2) is 0 Å². The molecule has 0 radical (unpaired) electrons. The minimum atomic E-state index is -0.417. The molecular weight excluding hydrogens is 617 g/mol. The van der Waals surface area contributed by atoms with Gasteiger partial charge in [-0.05, 0) is 0 Å². The third kappa shape index (κ3) is 6.17. The van der Waals surface area contributed by atoms with Crippen LogP contribution in [0.15, 0.2) is 115 Å². The maximum atomic E-state index is 6.75. The van der Waals surface area contributed by atoms with Gasteiger partial charge >= 0.3 is 267 Å². The Hall–Kier alpha value is -2.84. The number of fused-ring (bicyclic) bond motifs is 3. The molecule has 0 spiro atoms. The molecule has 4 aromatic rings. The number of likely N-dealkylation sites (tertiary alicyclic amines) is 1. The van der Waals surface area contributed by atoms with Crippen molar-refractivity contribution in [2.45, 2.75) is 61.3 Å². The second kappa shape index (κ2) is 13.7. The summed E-state index contributed by atoms with van der Waals surface area (Å²) < 4.78 is 33.7. The van der Waals surface area contributed by atoms with Crippen molar-refractivity contribution in [2.75, 3.05) is 20.3 Å². The van der Waals surface area contributed by atoms with Crippen LogP contribution < -0.4 is 4.46 Å². The molecule has 3 aliphatic rings. The van der Waals surface area contributed by atoms with Crippen LogP contribution in [-0.4, -0.2) is 64.5 Å². The molecular formula is C37H39NO5Se. The van der Waals surface area contributed by atoms with Gasteiger partial charge in [-0.15, -0.1) is 0 Å². The Labute approximate surface area is 266 Å². The zero-order valence-electron chi connectivity index (χ0n) is 25.1. The Morgan fingerprint density at radius 3 is 1.75 bits per heavy atom. The van der Waals surface area contributed by atoms with Crippen molar-refractivity contribution in [1.29, 1.82) is 0 Å². The zero-order valence-corrected chi connectivity index (χ0v) is 26.8. The van der Waals surface area contributed by atoms with Gasteiger partial charge in [-0.2, -0.15) is 0 Å². The Morgan fingerprint density at radius 2 is 1.20 bits per heavy atom. The number of benzene rings is 4. The normalized spacial score (nSPS) is 28.1. The molecule has 3 heterocycles. The van der Waals surface area contributed by atoms with Gasteiger partial charge in [0.2, 0.25) is 0 Å². The van der Waals surface area contributed by atoms with E-state index in [0.717, 1.165) is 17.7 Å². The molecule has 3 aliphatic heterocycles. The van der Waals surface area contributed by atoms with E-state index in [1.165, 1.54) is 15.6 Å². The molecule has 0 amide bonds. The van der Waals surface area contributed by atoms with Crippen molar-refractivity contribution in [3.05, 3.63) is 138 Å². The molecule has 8 atom stereocenters. The van der Waals surface area contributed by atoms with Crippen molar-refractivity contribution in [3.8, 4) is 0 Å². The van der Waals surface area contributed by atoms with Crippen LogP contribution in [0, 0.1) is 0 Å². The van der Waals surface area contributed by atoms with Gasteiger partial charge in [-0.1, -0.05) is 0 Å². The zero-order chi connectivity index (χ0) is 29.9. The summed E-state index contributed by atoms with van der Waals surface area (Å²) in [7, 11) is 1.82. The molecule has 3 saturated heterocycles. The standard InChI is InChI=1S/C37H39NO5Se/c1-25(33(39-2)26-14-6-3-7-15-26)44-32-21-13-12-20-29(32)22-38-30-23-40-36(27-16-8-4-9-17-27)42-34(30)35-31(38)24-41-37(43-35)28-18-10-5-11-19-28/h3-21,25,30-31,33-37H,22-24H2,1-2H3/t25-,30-,31-,33-,34+,35+,36?,37?/m0/s1. The van der Waals surface area contributed by atoms with Crippen LogP contribution in [0.4, 0.5) is 0 Å². The molecule has 7 rings (SSSR count). The van der Waals surface area contributed by atoms with Crippen LogP contribution in [0.25, 0.3) is 0 Å². The summed E-state index contributed by atoms with van der Waals surface area (Å²) in [5, 5.41) is 0. The van der Waals surface area contributed by atoms with E-state index in [1.807, 2.05) is 43.5 Å². The summed E-state index contributed by atoms with van der Waals surface area (Å²) in [6.07, 6.45) is -1.06. The molecule has 0 N–H and O–H groups in total. The van der Waals surface area contributed by atoms with Crippen molar-refractivity contribution in [1.82, 2.24) is 4.90 Å². The third-order valence-corrected chi connectivity index (χ3v) is 11.6. The summed E-state index contributed by atoms with van der Waals surface area (Å²) >= 11 is 0.196. The number of nitrogens with zero attached hydrogens (tertiary/aromatic N) is 1. The molecule has 7 heteroatoms. The number of ether oxygens (including phenoxy) is 5. The summed E-state index contributed by atoms with van der Waals surface area (Å²) in [6, 6.07) is 39.9. The molecule has 3 fully saturated rings. The number of hydrogen-bond donors (Lipinski definition) is 0. The molecule has 0 aliphatic carbocycles. The van der Waals surface area contributed by atoms with Crippen LogP contribution in [0.2, 0.25) is 4.82 Å². The SMILES string of the molecule is CO[C@H](c1ccccc1)[C@H](C)[Se]c1ccccc1CN1[C@H]2COC(c3ccccc3)O[C@H]2[C@@H]2OC(c3ccccc3)OC[C@@H]21. The van der Waals surface area contributed by atoms with Gasteiger partial charge in [0.15, 0.2) is 0 Å². The van der Waals surface area contributed by atoms with Crippen molar-refractivity contribution < 1.29 is 23.7 Å². The van der Waals surface area contributed by atoms with Crippen LogP contribution in [0.3, 0.4) is 0 Å². The Morgan fingerprint density at radius 1 is 0.705 bits per heavy atom. The molecule has 0 bridgehead atoms. The third-order valence-electron chi connectivity index (χ3n) is 8.92. The summed E-state index contributed by atoms with van der Waals surface area (Å²) in [5.41, 5.74) is 4.61. The first-order valence-corrected chi connectivity index (χ1v) is 17.3. The summed E-state index contributed by atoms with van der Waals surface area (Å²) in [4.78, 5) is 2.87. The predicted molar refractivity (Wildman–Crippen MR) is 171 cm³/mol. The first-order chi connectivity index (χ1) is 21.7. The Kier molecular flexibility index (Phi) is 9.26. The van der Waals surface area contributed by atoms with Crippen LogP contribution in [0.5, 0.6) is 0 Å². The van der Waals surface area contributed by atoms with E-state index in [2.05, 4.69) is 90.7 Å². The van der Waals surface area contributed by atoms with Gasteiger partial charge in [0, 0.05) is 0 Å². The number of methoxy groups -OCH3 is 1. The van der Waals surface area contributed by atoms with Gasteiger partial charge in [0.1, 0.15) is 0 Å².